The van der Waals surface area contributed by atoms with Crippen LogP contribution >= 0.6 is 0 Å². The van der Waals surface area contributed by atoms with Gasteiger partial charge in [-0.3, -0.25) is 0 Å². The van der Waals surface area contributed by atoms with Crippen molar-refractivity contribution in [3.63, 3.8) is 0 Å². The van der Waals surface area contributed by atoms with Crippen molar-refractivity contribution in [1.82, 2.24) is 0 Å². The maximum absolute atomic E-state index is 12.2. The number of hydrogen-bond donors (Lipinski definition) is 1. The van der Waals surface area contributed by atoms with Gasteiger partial charge < -0.3 is 21.8 Å². The quantitative estimate of drug-likeness (QED) is 0.643. The van der Waals surface area contributed by atoms with E-state index in [1.54, 1.807) is 30.4 Å². The first-order chi connectivity index (χ1) is 10.7. The molecule has 23 heavy (non-hydrogen) atoms. The van der Waals surface area contributed by atoms with Gasteiger partial charge in [0, 0.05) is 51.8 Å². The van der Waals surface area contributed by atoms with Crippen molar-refractivity contribution < 1.29 is 38.9 Å². The molecule has 1 heterocycles. The van der Waals surface area contributed by atoms with E-state index in [-0.39, 0.29) is 40.0 Å². The van der Waals surface area contributed by atoms with Crippen molar-refractivity contribution in [2.45, 2.75) is 6.92 Å². The van der Waals surface area contributed by atoms with E-state index in [1.807, 2.05) is 24.3 Å². The molecule has 1 aliphatic rings. The number of nitrogens with zero attached hydrogens (tertiary/aromatic N) is 1. The van der Waals surface area contributed by atoms with Crippen molar-refractivity contribution in [3.8, 4) is 11.8 Å². The SMILES string of the molecule is C=C/C1=C(\C=C)CN(C(=O)[CH-]C)c2ccccc2C#C1.CN.[HH].[Y]. The van der Waals surface area contributed by atoms with Crippen LogP contribution in [0.25, 0.3) is 0 Å². The number of para-hydroxylation sites is 1. The Morgan fingerprint density at radius 1 is 1.30 bits per heavy atom. The van der Waals surface area contributed by atoms with Crippen molar-refractivity contribution in [2.75, 3.05) is 18.5 Å². The molecule has 0 saturated carbocycles. The molecule has 0 saturated heterocycles. The van der Waals surface area contributed by atoms with Gasteiger partial charge in [-0.15, -0.1) is 0 Å². The van der Waals surface area contributed by atoms with Gasteiger partial charge in [0.2, 0.25) is 0 Å². The van der Waals surface area contributed by atoms with E-state index < -0.39 is 0 Å². The average Bonchev–Trinajstić information content (AvgIpc) is 2.57. The van der Waals surface area contributed by atoms with Gasteiger partial charge in [0.1, 0.15) is 0 Å². The number of hydrogen-bond acceptors (Lipinski definition) is 2. The normalized spacial score (nSPS) is 15.0. The Morgan fingerprint density at radius 3 is 2.52 bits per heavy atom. The minimum atomic E-state index is -0.0519. The van der Waals surface area contributed by atoms with Gasteiger partial charge in [-0.2, -0.15) is 6.92 Å². The van der Waals surface area contributed by atoms with Crippen molar-refractivity contribution in [3.05, 3.63) is 72.7 Å². The monoisotopic (exact) mass is 384 g/mol. The summed E-state index contributed by atoms with van der Waals surface area (Å²) in [6.07, 6.45) is 4.99. The summed E-state index contributed by atoms with van der Waals surface area (Å²) in [4.78, 5) is 13.9. The molecule has 4 heteroatoms. The van der Waals surface area contributed by atoms with Crippen LogP contribution in [0.4, 0.5) is 5.69 Å². The van der Waals surface area contributed by atoms with Crippen LogP contribution in [0, 0.1) is 18.3 Å². The van der Waals surface area contributed by atoms with Gasteiger partial charge in [-0.05, 0) is 24.8 Å². The van der Waals surface area contributed by atoms with Gasteiger partial charge >= 0.3 is 0 Å². The molecule has 1 radical (unpaired) electrons. The number of nitrogens with two attached hydrogens (primary N) is 1. The third-order valence-electron chi connectivity index (χ3n) is 3.16. The number of rotatable bonds is 3. The average molecular weight is 384 g/mol. The number of allylic oxidation sites excluding steroid dienone is 2. The minimum Gasteiger partial charge on any atom is -0.333 e. The number of carbonyl (C=O) groups is 1. The van der Waals surface area contributed by atoms with Crippen LogP contribution in [-0.4, -0.2) is 19.5 Å². The molecular weight excluding hydrogens is 361 g/mol. The van der Waals surface area contributed by atoms with Gasteiger partial charge in [0.25, 0.3) is 0 Å². The predicted molar refractivity (Wildman–Crippen MR) is 95.3 cm³/mol. The van der Waals surface area contributed by atoms with Crippen LogP contribution < -0.4 is 10.6 Å². The zero-order chi connectivity index (χ0) is 16.5. The van der Waals surface area contributed by atoms with Gasteiger partial charge in [-0.25, -0.2) is 0 Å². The molecular formula is C19H23N2OY-. The molecule has 0 aliphatic carbocycles. The molecule has 2 N–H and O–H groups in total. The maximum Gasteiger partial charge on any atom is 0.0895 e. The van der Waals surface area contributed by atoms with Crippen molar-refractivity contribution >= 4 is 11.6 Å². The molecule has 0 bridgehead atoms. The molecule has 1 aromatic rings. The summed E-state index contributed by atoms with van der Waals surface area (Å²) < 4.78 is 0. The molecule has 3 nitrogen and oxygen atoms in total. The fourth-order valence-corrected chi connectivity index (χ4v) is 2.08. The molecule has 0 unspecified atom stereocenters. The fourth-order valence-electron chi connectivity index (χ4n) is 2.08. The second-order valence-corrected chi connectivity index (χ2v) is 4.33. The summed E-state index contributed by atoms with van der Waals surface area (Å²) in [5.41, 5.74) is 7.87. The first-order valence-corrected chi connectivity index (χ1v) is 6.99. The van der Waals surface area contributed by atoms with E-state index >= 15 is 0 Å². The molecule has 0 spiro atoms. The second-order valence-electron chi connectivity index (χ2n) is 4.33. The van der Waals surface area contributed by atoms with E-state index in [2.05, 4.69) is 30.7 Å². The summed E-state index contributed by atoms with van der Waals surface area (Å²) in [6.45, 7) is 9.77. The Balaban J connectivity index is 0. The predicted octanol–water partition coefficient (Wildman–Crippen LogP) is 3.10. The number of anilines is 1. The van der Waals surface area contributed by atoms with Crippen LogP contribution in [0.1, 0.15) is 13.9 Å². The molecule has 0 aromatic heterocycles. The van der Waals surface area contributed by atoms with Gasteiger partial charge in [-0.1, -0.05) is 49.3 Å². The number of amides is 1. The van der Waals surface area contributed by atoms with Crippen LogP contribution in [-0.2, 0) is 37.5 Å². The first kappa shape index (κ1) is 21.4. The number of carbonyl (C=O) groups excluding carboxylic acids is 1. The summed E-state index contributed by atoms with van der Waals surface area (Å²) in [7, 11) is 1.50. The van der Waals surface area contributed by atoms with Gasteiger partial charge in [0.05, 0.1) is 11.6 Å². The molecule has 0 fully saturated rings. The summed E-state index contributed by atoms with van der Waals surface area (Å²) in [6, 6.07) is 7.64. The van der Waals surface area contributed by atoms with Crippen LogP contribution in [0.2, 0.25) is 0 Å². The summed E-state index contributed by atoms with van der Waals surface area (Å²) >= 11 is 0. The van der Waals surface area contributed by atoms with Gasteiger partial charge in [0.15, 0.2) is 0 Å². The largest absolute Gasteiger partial charge is 0.333 e. The molecule has 2 rings (SSSR count). The molecule has 119 valence electrons. The zero-order valence-corrected chi connectivity index (χ0v) is 16.5. The van der Waals surface area contributed by atoms with Crippen molar-refractivity contribution in [2.24, 2.45) is 5.73 Å². The molecule has 0 atom stereocenters. The Morgan fingerprint density at radius 2 is 1.96 bits per heavy atom. The van der Waals surface area contributed by atoms with Crippen LogP contribution in [0.15, 0.2) is 60.7 Å². The summed E-state index contributed by atoms with van der Waals surface area (Å²) in [5.74, 6) is 6.15. The van der Waals surface area contributed by atoms with Crippen molar-refractivity contribution in [1.29, 1.82) is 0 Å². The number of fused-ring (bicyclic) bond motifs is 1. The first-order valence-electron chi connectivity index (χ1n) is 6.99. The molecule has 1 amide bonds. The topological polar surface area (TPSA) is 46.3 Å². The third kappa shape index (κ3) is 5.21. The van der Waals surface area contributed by atoms with E-state index in [1.165, 1.54) is 7.05 Å². The van der Waals surface area contributed by atoms with E-state index in [0.717, 1.165) is 22.4 Å². The van der Waals surface area contributed by atoms with Crippen LogP contribution in [0.3, 0.4) is 0 Å². The molecule has 1 aromatic carbocycles. The van der Waals surface area contributed by atoms with E-state index in [0.29, 0.717) is 6.54 Å². The molecule has 1 aliphatic heterocycles. The maximum atomic E-state index is 12.2. The Bertz CT molecular complexity index is 671. The second kappa shape index (κ2) is 11.0. The van der Waals surface area contributed by atoms with E-state index in [4.69, 9.17) is 0 Å². The Labute approximate surface area is 165 Å². The minimum absolute atomic E-state index is 0. The standard InChI is InChI=1S/C18H16NO.CH5N.Y.H2/c1-4-14-11-12-16-9-7-8-10-17(16)19(18(20)6-3)13-15(14)5-2;1-2;;/h4-10H,1-2,13H2,3H3;2H2,1H3;;1H/q-1;;;/b15-14-;;;. The van der Waals surface area contributed by atoms with E-state index in [9.17, 15) is 4.79 Å². The summed E-state index contributed by atoms with van der Waals surface area (Å²) in [5, 5.41) is 0. The zero-order valence-electron chi connectivity index (χ0n) is 13.7. The smallest absolute Gasteiger partial charge is 0.0895 e. The Kier molecular flexibility index (Phi) is 10.3. The third-order valence-corrected chi connectivity index (χ3v) is 3.16. The van der Waals surface area contributed by atoms with Crippen LogP contribution in [0.5, 0.6) is 0 Å². The Hall–Kier alpha value is -1.60. The fraction of sp³-hybridized carbons (Fsp3) is 0.158. The number of benzene rings is 1.